The van der Waals surface area contributed by atoms with Crippen molar-refractivity contribution < 1.29 is 14.7 Å². The van der Waals surface area contributed by atoms with Crippen molar-refractivity contribution in [3.63, 3.8) is 0 Å². The molecular weight excluding hydrogens is 410 g/mol. The lowest BCUT2D eigenvalue weighted by Crippen LogP contribution is -2.58. The Morgan fingerprint density at radius 3 is 2.48 bits per heavy atom. The summed E-state index contributed by atoms with van der Waals surface area (Å²) in [4.78, 5) is 27.5. The van der Waals surface area contributed by atoms with Crippen LogP contribution in [-0.2, 0) is 9.59 Å². The molecule has 33 heavy (non-hydrogen) atoms. The number of carbonyl (C=O) groups is 2. The van der Waals surface area contributed by atoms with Gasteiger partial charge in [0.25, 0.3) is 0 Å². The molecule has 0 unspecified atom stereocenters. The topological polar surface area (TPSA) is 57.6 Å². The van der Waals surface area contributed by atoms with Gasteiger partial charge in [0.05, 0.1) is 0 Å². The molecule has 0 aliphatic heterocycles. The van der Waals surface area contributed by atoms with Gasteiger partial charge >= 0.3 is 0 Å². The second kappa shape index (κ2) is 7.80. The van der Waals surface area contributed by atoms with E-state index in [1.54, 1.807) is 6.92 Å². The first-order valence-corrected chi connectivity index (χ1v) is 12.8. The van der Waals surface area contributed by atoms with Crippen molar-refractivity contribution in [1.29, 1.82) is 0 Å². The third-order valence-corrected chi connectivity index (χ3v) is 10.5. The number of benzene rings is 1. The smallest absolute Gasteiger partial charge is 0.161 e. The molecule has 178 valence electrons. The Morgan fingerprint density at radius 2 is 1.79 bits per heavy atom. The summed E-state index contributed by atoms with van der Waals surface area (Å²) in [5.74, 6) is 1.92. The number of nitrogens with zero attached hydrogens (tertiary/aromatic N) is 1. The van der Waals surface area contributed by atoms with Crippen LogP contribution in [0.2, 0.25) is 0 Å². The Kier molecular flexibility index (Phi) is 5.39. The number of anilines is 1. The van der Waals surface area contributed by atoms with E-state index in [0.29, 0.717) is 36.5 Å². The molecule has 7 atom stereocenters. The summed E-state index contributed by atoms with van der Waals surface area (Å²) in [5, 5.41) is 11.5. The number of fused-ring (bicyclic) bond motifs is 5. The second-order valence-electron chi connectivity index (χ2n) is 11.9. The number of hydrogen-bond acceptors (Lipinski definition) is 4. The van der Waals surface area contributed by atoms with Crippen LogP contribution in [0.5, 0.6) is 0 Å². The van der Waals surface area contributed by atoms with E-state index in [2.05, 4.69) is 50.1 Å². The predicted molar refractivity (Wildman–Crippen MR) is 131 cm³/mol. The molecule has 0 bridgehead atoms. The predicted octanol–water partition coefficient (Wildman–Crippen LogP) is 5.20. The Labute approximate surface area is 198 Å². The summed E-state index contributed by atoms with van der Waals surface area (Å²) in [6.07, 6.45) is 8.09. The minimum atomic E-state index is -1.18. The molecule has 0 saturated heterocycles. The van der Waals surface area contributed by atoms with Crippen molar-refractivity contribution in [2.45, 2.75) is 71.3 Å². The molecule has 0 radical (unpaired) electrons. The fraction of sp³-hybridized carbons (Fsp3) is 0.655. The molecule has 3 saturated carbocycles. The fourth-order valence-corrected chi connectivity index (χ4v) is 8.67. The van der Waals surface area contributed by atoms with Gasteiger partial charge in [0.1, 0.15) is 5.60 Å². The summed E-state index contributed by atoms with van der Waals surface area (Å²) < 4.78 is 0. The molecule has 0 aromatic heterocycles. The summed E-state index contributed by atoms with van der Waals surface area (Å²) in [6, 6.07) is 10.5. The lowest BCUT2D eigenvalue weighted by atomic mass is 9.44. The molecule has 0 heterocycles. The standard InChI is InChI=1S/C29H39NO3/c1-19(31)29(33)15-12-25-23-16-20(18-30(4)21-8-6-5-7-9-21)26-17-22(32)10-13-27(26,2)24(23)11-14-28(25,29)3/h5-9,17,20,23-25,33H,10-16,18H2,1-4H3/t20-,23+,24-,25-,27-,28-,29-/m1/s1. The van der Waals surface area contributed by atoms with Crippen molar-refractivity contribution >= 4 is 17.3 Å². The van der Waals surface area contributed by atoms with Crippen LogP contribution in [0, 0.1) is 34.5 Å². The van der Waals surface area contributed by atoms with Crippen molar-refractivity contribution in [1.82, 2.24) is 0 Å². The average molecular weight is 450 g/mol. The van der Waals surface area contributed by atoms with Gasteiger partial charge in [0.2, 0.25) is 0 Å². The van der Waals surface area contributed by atoms with E-state index in [9.17, 15) is 14.7 Å². The van der Waals surface area contributed by atoms with Crippen LogP contribution in [0.25, 0.3) is 0 Å². The van der Waals surface area contributed by atoms with Gasteiger partial charge in [0.15, 0.2) is 11.6 Å². The number of ketones is 2. The first-order chi connectivity index (χ1) is 15.6. The van der Waals surface area contributed by atoms with Crippen molar-refractivity contribution in [2.75, 3.05) is 18.5 Å². The van der Waals surface area contributed by atoms with Gasteiger partial charge in [-0.25, -0.2) is 0 Å². The quantitative estimate of drug-likeness (QED) is 0.686. The van der Waals surface area contributed by atoms with Crippen LogP contribution in [-0.4, -0.2) is 35.9 Å². The number of hydrogen-bond donors (Lipinski definition) is 1. The molecule has 5 rings (SSSR count). The van der Waals surface area contributed by atoms with Gasteiger partial charge in [-0.3, -0.25) is 9.59 Å². The Bertz CT molecular complexity index is 986. The van der Waals surface area contributed by atoms with E-state index >= 15 is 0 Å². The van der Waals surface area contributed by atoms with Crippen LogP contribution >= 0.6 is 0 Å². The third kappa shape index (κ3) is 3.27. The molecule has 4 nitrogen and oxygen atoms in total. The second-order valence-corrected chi connectivity index (χ2v) is 11.9. The number of para-hydroxylation sites is 1. The maximum atomic E-state index is 12.6. The molecule has 3 fully saturated rings. The summed E-state index contributed by atoms with van der Waals surface area (Å²) in [6.45, 7) is 7.06. The molecule has 4 aliphatic carbocycles. The molecule has 1 aromatic carbocycles. The molecule has 1 N–H and O–H groups in total. The number of carbonyl (C=O) groups excluding carboxylic acids is 2. The number of rotatable bonds is 4. The Balaban J connectivity index is 1.51. The zero-order valence-corrected chi connectivity index (χ0v) is 20.6. The van der Waals surface area contributed by atoms with Gasteiger partial charge in [-0.15, -0.1) is 0 Å². The minimum absolute atomic E-state index is 0.0390. The molecular formula is C29H39NO3. The molecule has 0 amide bonds. The van der Waals surface area contributed by atoms with Gasteiger partial charge in [0, 0.05) is 31.1 Å². The maximum absolute atomic E-state index is 12.6. The highest BCUT2D eigenvalue weighted by molar-refractivity contribution is 5.92. The van der Waals surface area contributed by atoms with Gasteiger partial charge in [-0.1, -0.05) is 37.6 Å². The first kappa shape index (κ1) is 22.8. The van der Waals surface area contributed by atoms with Gasteiger partial charge < -0.3 is 10.0 Å². The van der Waals surface area contributed by atoms with E-state index < -0.39 is 5.60 Å². The zero-order valence-electron chi connectivity index (χ0n) is 20.6. The molecule has 0 spiro atoms. The highest BCUT2D eigenvalue weighted by Gasteiger charge is 2.66. The van der Waals surface area contributed by atoms with Crippen molar-refractivity contribution in [3.05, 3.63) is 42.0 Å². The van der Waals surface area contributed by atoms with E-state index in [1.807, 2.05) is 12.1 Å². The Morgan fingerprint density at radius 1 is 1.09 bits per heavy atom. The number of aliphatic hydroxyl groups is 1. The molecule has 4 aliphatic rings. The van der Waals surface area contributed by atoms with Crippen LogP contribution < -0.4 is 4.90 Å². The van der Waals surface area contributed by atoms with Crippen LogP contribution in [0.15, 0.2) is 42.0 Å². The van der Waals surface area contributed by atoms with E-state index in [-0.39, 0.29) is 22.4 Å². The number of Topliss-reactive ketones (excluding diaryl/α,β-unsaturated/α-hetero) is 1. The highest BCUT2D eigenvalue weighted by Crippen LogP contribution is 2.68. The first-order valence-electron chi connectivity index (χ1n) is 12.8. The average Bonchev–Trinajstić information content (AvgIpc) is 3.07. The molecule has 4 heteroatoms. The van der Waals surface area contributed by atoms with Gasteiger partial charge in [-0.2, -0.15) is 0 Å². The maximum Gasteiger partial charge on any atom is 0.161 e. The van der Waals surface area contributed by atoms with Gasteiger partial charge in [-0.05, 0) is 92.7 Å². The highest BCUT2D eigenvalue weighted by atomic mass is 16.3. The zero-order chi connectivity index (χ0) is 23.6. The largest absolute Gasteiger partial charge is 0.382 e. The fourth-order valence-electron chi connectivity index (χ4n) is 8.67. The van der Waals surface area contributed by atoms with Crippen molar-refractivity contribution in [2.24, 2.45) is 34.5 Å². The van der Waals surface area contributed by atoms with Crippen LogP contribution in [0.1, 0.15) is 65.7 Å². The lowest BCUT2D eigenvalue weighted by Gasteiger charge is -2.60. The van der Waals surface area contributed by atoms with E-state index in [0.717, 1.165) is 38.6 Å². The monoisotopic (exact) mass is 449 g/mol. The Hall–Kier alpha value is -1.94. The van der Waals surface area contributed by atoms with Crippen LogP contribution in [0.4, 0.5) is 5.69 Å². The lowest BCUT2D eigenvalue weighted by molar-refractivity contribution is -0.161. The summed E-state index contributed by atoms with van der Waals surface area (Å²) in [5.41, 5.74) is 1.09. The van der Waals surface area contributed by atoms with Crippen molar-refractivity contribution in [3.8, 4) is 0 Å². The van der Waals surface area contributed by atoms with Crippen LogP contribution in [0.3, 0.4) is 0 Å². The summed E-state index contributed by atoms with van der Waals surface area (Å²) in [7, 11) is 2.15. The van der Waals surface area contributed by atoms with E-state index in [4.69, 9.17) is 0 Å². The summed E-state index contributed by atoms with van der Waals surface area (Å²) >= 11 is 0. The minimum Gasteiger partial charge on any atom is -0.382 e. The SMILES string of the molecule is CC(=O)[C@]1(O)CC[C@@H]2[C@H]3C[C@H](CN(C)c4ccccc4)C4=CC(=O)CC[C@]4(C)[C@@H]3CC[C@]21C. The molecule has 1 aromatic rings. The normalized spacial score (nSPS) is 42.1. The van der Waals surface area contributed by atoms with E-state index in [1.165, 1.54) is 11.3 Å². The third-order valence-electron chi connectivity index (χ3n) is 10.5.